The monoisotopic (exact) mass is 843 g/mol. The van der Waals surface area contributed by atoms with E-state index < -0.39 is 39.2 Å². The van der Waals surface area contributed by atoms with Crippen molar-refractivity contribution in [1.82, 2.24) is 0 Å². The molecule has 10 heteroatoms. The maximum atomic E-state index is 12.6. The van der Waals surface area contributed by atoms with E-state index in [9.17, 15) is 19.4 Å². The molecule has 0 aromatic heterocycles. The number of aliphatic hydroxyl groups is 2. The number of allylic oxidation sites excluding steroid dienone is 6. The highest BCUT2D eigenvalue weighted by Crippen LogP contribution is 2.43. The Kier molecular flexibility index (Phi) is 44.2. The number of phosphoric acid groups is 1. The molecule has 0 saturated heterocycles. The highest BCUT2D eigenvalue weighted by molar-refractivity contribution is 7.47. The number of rotatable bonds is 46. The summed E-state index contributed by atoms with van der Waals surface area (Å²) in [7, 11) is -4.52. The molecule has 0 fully saturated rings. The van der Waals surface area contributed by atoms with Gasteiger partial charge in [-0.1, -0.05) is 204 Å². The number of hydrogen-bond acceptors (Lipinski definition) is 8. The van der Waals surface area contributed by atoms with Gasteiger partial charge in [-0.05, 0) is 44.9 Å². The lowest BCUT2D eigenvalue weighted by Gasteiger charge is -2.20. The van der Waals surface area contributed by atoms with Crippen molar-refractivity contribution in [2.75, 3.05) is 33.0 Å². The van der Waals surface area contributed by atoms with Crippen LogP contribution in [0.5, 0.6) is 0 Å². The Morgan fingerprint density at radius 1 is 0.552 bits per heavy atom. The Balaban J connectivity index is 4.06. The molecule has 0 aromatic rings. The highest BCUT2D eigenvalue weighted by Gasteiger charge is 2.26. The predicted octanol–water partition coefficient (Wildman–Crippen LogP) is 13.6. The van der Waals surface area contributed by atoms with Crippen LogP contribution >= 0.6 is 7.82 Å². The zero-order chi connectivity index (χ0) is 42.5. The van der Waals surface area contributed by atoms with Gasteiger partial charge in [0.2, 0.25) is 0 Å². The van der Waals surface area contributed by atoms with Gasteiger partial charge >= 0.3 is 13.8 Å². The molecule has 58 heavy (non-hydrogen) atoms. The molecule has 0 aliphatic heterocycles. The van der Waals surface area contributed by atoms with Crippen LogP contribution in [-0.2, 0) is 27.9 Å². The van der Waals surface area contributed by atoms with Crippen LogP contribution in [0, 0.1) is 0 Å². The molecule has 3 unspecified atom stereocenters. The lowest BCUT2D eigenvalue weighted by Crippen LogP contribution is -2.29. The minimum atomic E-state index is -4.52. The van der Waals surface area contributed by atoms with Gasteiger partial charge in [0, 0.05) is 13.0 Å². The molecule has 3 N–H and O–H groups in total. The normalized spacial score (nSPS) is 14.2. The minimum absolute atomic E-state index is 0.0451. The first-order valence-electron chi connectivity index (χ1n) is 24.0. The van der Waals surface area contributed by atoms with Gasteiger partial charge in [0.15, 0.2) is 0 Å². The number of phosphoric ester groups is 1. The van der Waals surface area contributed by atoms with Crippen molar-refractivity contribution in [3.05, 3.63) is 36.5 Å². The number of aliphatic hydroxyl groups excluding tert-OH is 2. The summed E-state index contributed by atoms with van der Waals surface area (Å²) in [6.45, 7) is 3.42. The summed E-state index contributed by atoms with van der Waals surface area (Å²) >= 11 is 0. The summed E-state index contributed by atoms with van der Waals surface area (Å²) in [6, 6.07) is 0. The van der Waals surface area contributed by atoms with Crippen LogP contribution in [0.4, 0.5) is 0 Å². The van der Waals surface area contributed by atoms with Gasteiger partial charge < -0.3 is 24.6 Å². The SMILES string of the molecule is CC/C=C\C/C=C\C/C=C\CCCCCCCC(=O)OC(COCCCCCCCCCCCCCCCCCCCCCCCC)COP(=O)(O)OCC(O)CO. The van der Waals surface area contributed by atoms with E-state index in [0.29, 0.717) is 13.0 Å². The third kappa shape index (κ3) is 44.2. The second kappa shape index (κ2) is 45.2. The molecular formula is C48H91O9P. The first-order chi connectivity index (χ1) is 28.3. The second-order valence-electron chi connectivity index (χ2n) is 16.1. The lowest BCUT2D eigenvalue weighted by atomic mass is 10.0. The summed E-state index contributed by atoms with van der Waals surface area (Å²) in [5, 5.41) is 18.4. The van der Waals surface area contributed by atoms with Crippen molar-refractivity contribution < 1.29 is 43.0 Å². The minimum Gasteiger partial charge on any atom is -0.457 e. The molecule has 0 radical (unpaired) electrons. The average Bonchev–Trinajstić information content (AvgIpc) is 3.21. The maximum Gasteiger partial charge on any atom is 0.472 e. The van der Waals surface area contributed by atoms with E-state index >= 15 is 0 Å². The van der Waals surface area contributed by atoms with E-state index in [1.165, 1.54) is 128 Å². The quantitative estimate of drug-likeness (QED) is 0.0237. The zero-order valence-electron chi connectivity index (χ0n) is 37.5. The van der Waals surface area contributed by atoms with Gasteiger partial charge in [-0.15, -0.1) is 0 Å². The number of carbonyl (C=O) groups is 1. The molecule has 3 atom stereocenters. The summed E-state index contributed by atoms with van der Waals surface area (Å²) in [5.41, 5.74) is 0. The van der Waals surface area contributed by atoms with Gasteiger partial charge in [0.25, 0.3) is 0 Å². The van der Waals surface area contributed by atoms with Crippen molar-refractivity contribution in [2.45, 2.75) is 232 Å². The van der Waals surface area contributed by atoms with Crippen LogP contribution in [0.3, 0.4) is 0 Å². The molecule has 9 nitrogen and oxygen atoms in total. The molecule has 0 bridgehead atoms. The van der Waals surface area contributed by atoms with Crippen molar-refractivity contribution in [3.63, 3.8) is 0 Å². The summed E-state index contributed by atoms with van der Waals surface area (Å²) in [5.74, 6) is -0.396. The molecule has 0 aliphatic rings. The average molecular weight is 843 g/mol. The Morgan fingerprint density at radius 2 is 0.983 bits per heavy atom. The Hall–Kier alpha value is -1.32. The molecule has 342 valence electrons. The summed E-state index contributed by atoms with van der Waals surface area (Å²) in [6.07, 6.45) is 49.7. The van der Waals surface area contributed by atoms with Crippen LogP contribution in [0.2, 0.25) is 0 Å². The van der Waals surface area contributed by atoms with E-state index in [-0.39, 0.29) is 19.6 Å². The van der Waals surface area contributed by atoms with Crippen LogP contribution < -0.4 is 0 Å². The highest BCUT2D eigenvalue weighted by atomic mass is 31.2. The number of hydrogen-bond donors (Lipinski definition) is 3. The van der Waals surface area contributed by atoms with Gasteiger partial charge in [-0.2, -0.15) is 0 Å². The van der Waals surface area contributed by atoms with Crippen molar-refractivity contribution in [1.29, 1.82) is 0 Å². The van der Waals surface area contributed by atoms with Gasteiger partial charge in [-0.3, -0.25) is 13.8 Å². The fourth-order valence-corrected chi connectivity index (χ4v) is 7.51. The first-order valence-corrected chi connectivity index (χ1v) is 25.5. The number of unbranched alkanes of at least 4 members (excludes halogenated alkanes) is 26. The number of carbonyl (C=O) groups excluding carboxylic acids is 1. The Morgan fingerprint density at radius 3 is 1.48 bits per heavy atom. The standard InChI is InChI=1S/C48H91O9P/c1-3-5-7-9-11-13-15-17-19-20-21-22-23-24-25-27-29-31-33-35-37-39-41-54-44-47(45-56-58(52,53)55-43-46(50)42-49)57-48(51)40-38-36-34-32-30-28-26-18-16-14-12-10-8-6-4-2/h6,8,12,14,18,26,46-47,49-50H,3-5,7,9-11,13,15-17,19-25,27-45H2,1-2H3,(H,52,53)/b8-6-,14-12-,26-18-. The Labute approximate surface area is 356 Å². The molecule has 0 rings (SSSR count). The lowest BCUT2D eigenvalue weighted by molar-refractivity contribution is -0.154. The van der Waals surface area contributed by atoms with Crippen molar-refractivity contribution in [3.8, 4) is 0 Å². The van der Waals surface area contributed by atoms with Crippen LogP contribution in [-0.4, -0.2) is 66.3 Å². The molecule has 0 heterocycles. The molecule has 0 saturated carbocycles. The van der Waals surface area contributed by atoms with E-state index in [1.807, 2.05) is 0 Å². The summed E-state index contributed by atoms with van der Waals surface area (Å²) in [4.78, 5) is 22.6. The van der Waals surface area contributed by atoms with Crippen LogP contribution in [0.25, 0.3) is 0 Å². The zero-order valence-corrected chi connectivity index (χ0v) is 38.4. The fourth-order valence-electron chi connectivity index (χ4n) is 6.72. The summed E-state index contributed by atoms with van der Waals surface area (Å²) < 4.78 is 33.4. The molecule has 0 aromatic carbocycles. The smallest absolute Gasteiger partial charge is 0.457 e. The van der Waals surface area contributed by atoms with Crippen molar-refractivity contribution in [2.24, 2.45) is 0 Å². The van der Waals surface area contributed by atoms with Gasteiger partial charge in [0.1, 0.15) is 12.2 Å². The van der Waals surface area contributed by atoms with E-state index in [4.69, 9.17) is 23.6 Å². The second-order valence-corrected chi connectivity index (χ2v) is 17.6. The van der Waals surface area contributed by atoms with Crippen LogP contribution in [0.15, 0.2) is 36.5 Å². The predicted molar refractivity (Wildman–Crippen MR) is 242 cm³/mol. The fraction of sp³-hybridized carbons (Fsp3) is 0.854. The Bertz CT molecular complexity index is 1000. The first kappa shape index (κ1) is 56.7. The van der Waals surface area contributed by atoms with Crippen molar-refractivity contribution >= 4 is 13.8 Å². The molecule has 0 aliphatic carbocycles. The maximum absolute atomic E-state index is 12.6. The third-order valence-electron chi connectivity index (χ3n) is 10.3. The van der Waals surface area contributed by atoms with Crippen LogP contribution in [0.1, 0.15) is 219 Å². The van der Waals surface area contributed by atoms with E-state index in [0.717, 1.165) is 64.2 Å². The molecule has 0 amide bonds. The van der Waals surface area contributed by atoms with Gasteiger partial charge in [-0.25, -0.2) is 4.57 Å². The number of esters is 1. The topological polar surface area (TPSA) is 132 Å². The van der Waals surface area contributed by atoms with E-state index in [2.05, 4.69) is 50.3 Å². The largest absolute Gasteiger partial charge is 0.472 e. The van der Waals surface area contributed by atoms with Gasteiger partial charge in [0.05, 0.1) is 26.4 Å². The third-order valence-corrected chi connectivity index (χ3v) is 11.3. The number of ether oxygens (including phenoxy) is 2. The van der Waals surface area contributed by atoms with E-state index in [1.54, 1.807) is 0 Å². The molecule has 0 spiro atoms. The molecular weight excluding hydrogens is 751 g/mol.